The Balaban J connectivity index is 0.00000225. The second kappa shape index (κ2) is 10.7. The zero-order chi connectivity index (χ0) is 16.8. The SMILES string of the molecule is Brc1ccccc1CNC1CCCCC1NCc1ccccc1Br.Cl. The number of hydrogen-bond donors (Lipinski definition) is 2. The van der Waals surface area contributed by atoms with Crippen LogP contribution in [0.4, 0.5) is 0 Å². The molecule has 1 aliphatic rings. The van der Waals surface area contributed by atoms with Crippen LogP contribution in [0, 0.1) is 0 Å². The highest BCUT2D eigenvalue weighted by atomic mass is 79.9. The van der Waals surface area contributed by atoms with Crippen molar-refractivity contribution in [2.24, 2.45) is 0 Å². The van der Waals surface area contributed by atoms with Crippen molar-refractivity contribution >= 4 is 44.3 Å². The molecule has 2 aromatic rings. The van der Waals surface area contributed by atoms with Gasteiger partial charge in [-0.25, -0.2) is 0 Å². The molecular formula is C20H25Br2ClN2. The first-order valence-electron chi connectivity index (χ1n) is 8.67. The first-order chi connectivity index (χ1) is 11.7. The van der Waals surface area contributed by atoms with E-state index >= 15 is 0 Å². The van der Waals surface area contributed by atoms with Crippen molar-refractivity contribution in [1.82, 2.24) is 10.6 Å². The Kier molecular flexibility index (Phi) is 8.94. The van der Waals surface area contributed by atoms with Crippen LogP contribution in [0.15, 0.2) is 57.5 Å². The molecule has 2 N–H and O–H groups in total. The first kappa shape index (κ1) is 20.9. The van der Waals surface area contributed by atoms with Gasteiger partial charge in [0, 0.05) is 34.1 Å². The Hall–Kier alpha value is -0.390. The second-order valence-electron chi connectivity index (χ2n) is 6.44. The lowest BCUT2D eigenvalue weighted by Crippen LogP contribution is -2.49. The van der Waals surface area contributed by atoms with E-state index in [1.54, 1.807) is 0 Å². The summed E-state index contributed by atoms with van der Waals surface area (Å²) in [4.78, 5) is 0. The minimum atomic E-state index is 0. The Bertz CT molecular complexity index is 608. The van der Waals surface area contributed by atoms with Crippen molar-refractivity contribution in [2.45, 2.75) is 50.9 Å². The highest BCUT2D eigenvalue weighted by Crippen LogP contribution is 2.22. The normalized spacial score (nSPS) is 20.1. The highest BCUT2D eigenvalue weighted by Gasteiger charge is 2.24. The summed E-state index contributed by atoms with van der Waals surface area (Å²) in [5.41, 5.74) is 2.65. The predicted octanol–water partition coefficient (Wildman–Crippen LogP) is 5.82. The number of rotatable bonds is 6. The summed E-state index contributed by atoms with van der Waals surface area (Å²) in [5, 5.41) is 7.55. The number of halogens is 3. The minimum absolute atomic E-state index is 0. The summed E-state index contributed by atoms with van der Waals surface area (Å²) >= 11 is 7.29. The maximum Gasteiger partial charge on any atom is 0.0224 e. The summed E-state index contributed by atoms with van der Waals surface area (Å²) in [6.07, 6.45) is 5.14. The molecular weight excluding hydrogens is 463 g/mol. The van der Waals surface area contributed by atoms with Crippen LogP contribution in [0.2, 0.25) is 0 Å². The minimum Gasteiger partial charge on any atom is -0.308 e. The van der Waals surface area contributed by atoms with Gasteiger partial charge in [-0.05, 0) is 36.1 Å². The third-order valence-electron chi connectivity index (χ3n) is 4.79. The van der Waals surface area contributed by atoms with Crippen molar-refractivity contribution in [2.75, 3.05) is 0 Å². The van der Waals surface area contributed by atoms with E-state index in [0.717, 1.165) is 13.1 Å². The van der Waals surface area contributed by atoms with Gasteiger partial charge >= 0.3 is 0 Å². The maximum atomic E-state index is 3.78. The summed E-state index contributed by atoms with van der Waals surface area (Å²) in [7, 11) is 0. The Morgan fingerprint density at radius 2 is 1.12 bits per heavy atom. The summed E-state index contributed by atoms with van der Waals surface area (Å²) in [6, 6.07) is 18.0. The quantitative estimate of drug-likeness (QED) is 0.535. The van der Waals surface area contributed by atoms with Crippen molar-refractivity contribution in [3.05, 3.63) is 68.6 Å². The topological polar surface area (TPSA) is 24.1 Å². The number of nitrogens with one attached hydrogen (secondary N) is 2. The van der Waals surface area contributed by atoms with E-state index in [9.17, 15) is 0 Å². The smallest absolute Gasteiger partial charge is 0.0224 e. The molecule has 0 aromatic heterocycles. The zero-order valence-electron chi connectivity index (χ0n) is 14.2. The summed E-state index contributed by atoms with van der Waals surface area (Å²) in [5.74, 6) is 0. The van der Waals surface area contributed by atoms with Gasteiger partial charge in [0.25, 0.3) is 0 Å². The molecule has 0 spiro atoms. The van der Waals surface area contributed by atoms with Gasteiger partial charge in [-0.2, -0.15) is 0 Å². The van der Waals surface area contributed by atoms with Crippen molar-refractivity contribution in [3.63, 3.8) is 0 Å². The fourth-order valence-corrected chi connectivity index (χ4v) is 4.24. The van der Waals surface area contributed by atoms with Gasteiger partial charge in [0.2, 0.25) is 0 Å². The van der Waals surface area contributed by atoms with Crippen LogP contribution in [-0.4, -0.2) is 12.1 Å². The first-order valence-corrected chi connectivity index (χ1v) is 10.3. The largest absolute Gasteiger partial charge is 0.308 e. The lowest BCUT2D eigenvalue weighted by molar-refractivity contribution is 0.281. The third-order valence-corrected chi connectivity index (χ3v) is 6.34. The Labute approximate surface area is 173 Å². The van der Waals surface area contributed by atoms with E-state index in [2.05, 4.69) is 91.0 Å². The molecule has 0 saturated heterocycles. The lowest BCUT2D eigenvalue weighted by Gasteiger charge is -2.33. The van der Waals surface area contributed by atoms with Gasteiger partial charge < -0.3 is 10.6 Å². The van der Waals surface area contributed by atoms with Crippen LogP contribution in [0.25, 0.3) is 0 Å². The summed E-state index contributed by atoms with van der Waals surface area (Å²) < 4.78 is 2.37. The molecule has 1 aliphatic carbocycles. The molecule has 25 heavy (non-hydrogen) atoms. The van der Waals surface area contributed by atoms with Crippen molar-refractivity contribution < 1.29 is 0 Å². The van der Waals surface area contributed by atoms with E-state index in [4.69, 9.17) is 0 Å². The van der Waals surface area contributed by atoms with Crippen LogP contribution in [-0.2, 0) is 13.1 Å². The van der Waals surface area contributed by atoms with Crippen molar-refractivity contribution in [3.8, 4) is 0 Å². The molecule has 136 valence electrons. The van der Waals surface area contributed by atoms with Crippen LogP contribution < -0.4 is 10.6 Å². The van der Waals surface area contributed by atoms with E-state index in [0.29, 0.717) is 12.1 Å². The van der Waals surface area contributed by atoms with Gasteiger partial charge in [-0.1, -0.05) is 81.1 Å². The van der Waals surface area contributed by atoms with Gasteiger partial charge in [0.15, 0.2) is 0 Å². The predicted molar refractivity (Wildman–Crippen MR) is 115 cm³/mol. The van der Waals surface area contributed by atoms with Crippen LogP contribution >= 0.6 is 44.3 Å². The van der Waals surface area contributed by atoms with Crippen molar-refractivity contribution in [1.29, 1.82) is 0 Å². The molecule has 1 fully saturated rings. The molecule has 5 heteroatoms. The number of hydrogen-bond acceptors (Lipinski definition) is 2. The van der Waals surface area contributed by atoms with Crippen LogP contribution in [0.5, 0.6) is 0 Å². The highest BCUT2D eigenvalue weighted by molar-refractivity contribution is 9.10. The molecule has 0 bridgehead atoms. The van der Waals surface area contributed by atoms with Gasteiger partial charge in [0.1, 0.15) is 0 Å². The van der Waals surface area contributed by atoms with Gasteiger partial charge in [-0.15, -0.1) is 12.4 Å². The molecule has 3 rings (SSSR count). The molecule has 0 aliphatic heterocycles. The average Bonchev–Trinajstić information content (AvgIpc) is 2.61. The van der Waals surface area contributed by atoms with E-state index in [1.165, 1.54) is 45.8 Å². The zero-order valence-corrected chi connectivity index (χ0v) is 18.2. The third kappa shape index (κ3) is 6.07. The van der Waals surface area contributed by atoms with E-state index < -0.39 is 0 Å². The van der Waals surface area contributed by atoms with Crippen LogP contribution in [0.1, 0.15) is 36.8 Å². The molecule has 2 atom stereocenters. The molecule has 2 nitrogen and oxygen atoms in total. The van der Waals surface area contributed by atoms with E-state index in [1.807, 2.05) is 0 Å². The van der Waals surface area contributed by atoms with Gasteiger partial charge in [-0.3, -0.25) is 0 Å². The number of benzene rings is 2. The molecule has 0 amide bonds. The Morgan fingerprint density at radius 1 is 0.720 bits per heavy atom. The molecule has 0 radical (unpaired) electrons. The standard InChI is InChI=1S/C20H24Br2N2.ClH/c21-17-9-3-1-7-15(17)13-23-19-11-5-6-12-20(19)24-14-16-8-2-4-10-18(16)22;/h1-4,7-10,19-20,23-24H,5-6,11-14H2;1H. The maximum absolute atomic E-state index is 3.78. The fourth-order valence-electron chi connectivity index (χ4n) is 3.39. The molecule has 2 aromatic carbocycles. The van der Waals surface area contributed by atoms with Crippen LogP contribution in [0.3, 0.4) is 0 Å². The van der Waals surface area contributed by atoms with Gasteiger partial charge in [0.05, 0.1) is 0 Å². The Morgan fingerprint density at radius 3 is 1.52 bits per heavy atom. The monoisotopic (exact) mass is 486 g/mol. The molecule has 0 heterocycles. The average molecular weight is 489 g/mol. The fraction of sp³-hybridized carbons (Fsp3) is 0.400. The summed E-state index contributed by atoms with van der Waals surface area (Å²) in [6.45, 7) is 1.83. The van der Waals surface area contributed by atoms with E-state index in [-0.39, 0.29) is 12.4 Å². The molecule has 2 unspecified atom stereocenters. The molecule has 1 saturated carbocycles. The second-order valence-corrected chi connectivity index (χ2v) is 8.15. The lowest BCUT2D eigenvalue weighted by atomic mass is 9.90.